The first-order valence-corrected chi connectivity index (χ1v) is 10.1. The van der Waals surface area contributed by atoms with E-state index in [1.165, 1.54) is 18.0 Å². The number of amides is 1. The highest BCUT2D eigenvalue weighted by Crippen LogP contribution is 2.22. The Kier molecular flexibility index (Phi) is 7.49. The summed E-state index contributed by atoms with van der Waals surface area (Å²) in [5.74, 6) is 0.0226. The van der Waals surface area contributed by atoms with Crippen LogP contribution in [0, 0.1) is 10.8 Å². The number of rotatable bonds is 5. The standard InChI is InChI=1S/C20H25N7OS/c1-20(2,3)12-24-27-19(29-4)26-18(28)15-6-5-9-23-17(15)25-14-8-7-13(11-21)16(22)10-14/h5-12,21H,22H2,1-4H3,(H,23,25)(H,26,27,28)/b21-11?,24-12+. The first-order valence-electron chi connectivity index (χ1n) is 8.83. The van der Waals surface area contributed by atoms with Gasteiger partial charge >= 0.3 is 0 Å². The smallest absolute Gasteiger partial charge is 0.261 e. The van der Waals surface area contributed by atoms with Crippen LogP contribution < -0.4 is 16.4 Å². The van der Waals surface area contributed by atoms with Gasteiger partial charge in [-0.2, -0.15) is 5.10 Å². The summed E-state index contributed by atoms with van der Waals surface area (Å²) in [5.41, 5.74) is 7.90. The van der Waals surface area contributed by atoms with Crippen molar-refractivity contribution in [1.82, 2.24) is 10.3 Å². The van der Waals surface area contributed by atoms with Crippen LogP contribution in [0.4, 0.5) is 17.2 Å². The monoisotopic (exact) mass is 411 g/mol. The van der Waals surface area contributed by atoms with Crippen molar-refractivity contribution in [1.29, 1.82) is 5.41 Å². The number of anilines is 3. The fraction of sp³-hybridized carbons (Fsp3) is 0.250. The summed E-state index contributed by atoms with van der Waals surface area (Å²) in [6.07, 6.45) is 6.30. The van der Waals surface area contributed by atoms with Crippen LogP contribution >= 0.6 is 11.8 Å². The summed E-state index contributed by atoms with van der Waals surface area (Å²) in [4.78, 5) is 17.0. The number of aromatic nitrogens is 1. The predicted molar refractivity (Wildman–Crippen MR) is 123 cm³/mol. The number of carbonyl (C=O) groups excluding carboxylic acids is 1. The Balaban J connectivity index is 2.21. The summed E-state index contributed by atoms with van der Waals surface area (Å²) in [6.45, 7) is 6.04. The van der Waals surface area contributed by atoms with E-state index in [2.05, 4.69) is 25.8 Å². The summed E-state index contributed by atoms with van der Waals surface area (Å²) in [6, 6.07) is 8.52. The molecule has 0 saturated carbocycles. The fourth-order valence-corrected chi connectivity index (χ4v) is 2.47. The van der Waals surface area contributed by atoms with Crippen LogP contribution in [0.1, 0.15) is 36.7 Å². The Morgan fingerprint density at radius 2 is 2.07 bits per heavy atom. The number of pyridine rings is 1. The van der Waals surface area contributed by atoms with Gasteiger partial charge in [0.25, 0.3) is 5.91 Å². The minimum absolute atomic E-state index is 0.105. The highest BCUT2D eigenvalue weighted by Gasteiger charge is 2.15. The Morgan fingerprint density at radius 1 is 1.31 bits per heavy atom. The Hall–Kier alpha value is -3.20. The molecule has 0 fully saturated rings. The van der Waals surface area contributed by atoms with Gasteiger partial charge in [-0.1, -0.05) is 32.5 Å². The third-order valence-corrected chi connectivity index (χ3v) is 4.14. The first-order chi connectivity index (χ1) is 13.7. The topological polar surface area (TPSA) is 129 Å². The van der Waals surface area contributed by atoms with Gasteiger partial charge in [-0.05, 0) is 42.0 Å². The average molecular weight is 412 g/mol. The largest absolute Gasteiger partial charge is 0.398 e. The molecule has 0 aliphatic rings. The van der Waals surface area contributed by atoms with Gasteiger partial charge in [-0.3, -0.25) is 10.1 Å². The maximum Gasteiger partial charge on any atom is 0.261 e. The molecule has 1 aromatic heterocycles. The van der Waals surface area contributed by atoms with Crippen LogP contribution in [0.5, 0.6) is 0 Å². The maximum atomic E-state index is 12.8. The summed E-state index contributed by atoms with van der Waals surface area (Å²) in [5, 5.41) is 21.7. The summed E-state index contributed by atoms with van der Waals surface area (Å²) >= 11 is 1.29. The van der Waals surface area contributed by atoms with Crippen molar-refractivity contribution in [2.75, 3.05) is 17.3 Å². The molecule has 0 unspecified atom stereocenters. The van der Waals surface area contributed by atoms with Crippen molar-refractivity contribution in [3.05, 3.63) is 47.7 Å². The van der Waals surface area contributed by atoms with Gasteiger partial charge in [0.05, 0.1) is 5.56 Å². The Labute approximate surface area is 174 Å². The van der Waals surface area contributed by atoms with Gasteiger partial charge in [0, 0.05) is 35.6 Å². The molecule has 5 N–H and O–H groups in total. The number of hydrogen-bond donors (Lipinski definition) is 4. The van der Waals surface area contributed by atoms with E-state index in [1.54, 1.807) is 42.7 Å². The highest BCUT2D eigenvalue weighted by molar-refractivity contribution is 8.13. The number of thioether (sulfide) groups is 1. The Morgan fingerprint density at radius 3 is 2.69 bits per heavy atom. The molecule has 1 heterocycles. The molecule has 0 radical (unpaired) electrons. The average Bonchev–Trinajstić information content (AvgIpc) is 2.66. The lowest BCUT2D eigenvalue weighted by atomic mass is 9.99. The third-order valence-electron chi connectivity index (χ3n) is 3.56. The second-order valence-corrected chi connectivity index (χ2v) is 7.98. The number of nitrogen functional groups attached to an aromatic ring is 1. The van der Waals surface area contributed by atoms with Crippen LogP contribution in [0.3, 0.4) is 0 Å². The van der Waals surface area contributed by atoms with Crippen molar-refractivity contribution in [2.24, 2.45) is 15.6 Å². The molecular weight excluding hydrogens is 386 g/mol. The van der Waals surface area contributed by atoms with Gasteiger partial charge in [0.2, 0.25) is 0 Å². The fourth-order valence-electron chi connectivity index (χ4n) is 2.14. The highest BCUT2D eigenvalue weighted by atomic mass is 32.2. The number of hydrogen-bond acceptors (Lipinski definition) is 8. The molecule has 0 bridgehead atoms. The molecule has 0 aliphatic carbocycles. The van der Waals surface area contributed by atoms with E-state index in [4.69, 9.17) is 11.1 Å². The van der Waals surface area contributed by atoms with Crippen LogP contribution in [-0.2, 0) is 0 Å². The van der Waals surface area contributed by atoms with Gasteiger partial charge in [0.15, 0.2) is 5.17 Å². The van der Waals surface area contributed by atoms with Crippen LogP contribution in [-0.4, -0.2) is 34.7 Å². The molecular formula is C20H25N7OS. The van der Waals surface area contributed by atoms with Gasteiger partial charge in [0.1, 0.15) is 5.82 Å². The van der Waals surface area contributed by atoms with Crippen molar-refractivity contribution in [2.45, 2.75) is 20.8 Å². The molecule has 1 amide bonds. The number of nitrogens with zero attached hydrogens (tertiary/aromatic N) is 3. The van der Waals surface area contributed by atoms with Crippen molar-refractivity contribution < 1.29 is 4.79 Å². The maximum absolute atomic E-state index is 12.8. The molecule has 0 spiro atoms. The SMILES string of the molecule is CS/C(=N\N=C\C(C)(C)C)NC(=O)c1cccnc1Nc1ccc(C=N)c(N)c1. The lowest BCUT2D eigenvalue weighted by Crippen LogP contribution is -2.29. The zero-order valence-electron chi connectivity index (χ0n) is 16.9. The van der Waals surface area contributed by atoms with E-state index >= 15 is 0 Å². The van der Waals surface area contributed by atoms with Crippen molar-refractivity contribution in [3.63, 3.8) is 0 Å². The molecule has 9 heteroatoms. The van der Waals surface area contributed by atoms with Crippen LogP contribution in [0.2, 0.25) is 0 Å². The van der Waals surface area contributed by atoms with E-state index in [0.29, 0.717) is 33.5 Å². The number of amidine groups is 1. The molecule has 0 saturated heterocycles. The molecule has 1 aromatic carbocycles. The number of carbonyl (C=O) groups is 1. The first kappa shape index (κ1) is 22.1. The molecule has 0 atom stereocenters. The molecule has 0 aliphatic heterocycles. The van der Waals surface area contributed by atoms with E-state index in [-0.39, 0.29) is 11.3 Å². The van der Waals surface area contributed by atoms with E-state index in [0.717, 1.165) is 0 Å². The van der Waals surface area contributed by atoms with Gasteiger partial charge < -0.3 is 16.5 Å². The van der Waals surface area contributed by atoms with E-state index in [1.807, 2.05) is 27.0 Å². The normalized spacial score (nSPS) is 12.1. The number of nitrogens with two attached hydrogens (primary N) is 1. The molecule has 8 nitrogen and oxygen atoms in total. The minimum atomic E-state index is -0.358. The second-order valence-electron chi connectivity index (χ2n) is 7.19. The lowest BCUT2D eigenvalue weighted by molar-refractivity contribution is 0.0978. The summed E-state index contributed by atoms with van der Waals surface area (Å²) < 4.78 is 0. The van der Waals surface area contributed by atoms with Crippen molar-refractivity contribution >= 4 is 52.5 Å². The zero-order chi connectivity index (χ0) is 21.4. The lowest BCUT2D eigenvalue weighted by Gasteiger charge is -2.12. The van der Waals surface area contributed by atoms with Gasteiger partial charge in [-0.25, -0.2) is 4.98 Å². The van der Waals surface area contributed by atoms with Crippen LogP contribution in [0.25, 0.3) is 0 Å². The quantitative estimate of drug-likeness (QED) is 0.257. The van der Waals surface area contributed by atoms with Gasteiger partial charge in [-0.15, -0.1) is 5.10 Å². The molecule has 2 rings (SSSR count). The predicted octanol–water partition coefficient (Wildman–Crippen LogP) is 3.89. The Bertz CT molecular complexity index is 948. The molecule has 2 aromatic rings. The van der Waals surface area contributed by atoms with Crippen molar-refractivity contribution in [3.8, 4) is 0 Å². The minimum Gasteiger partial charge on any atom is -0.398 e. The van der Waals surface area contributed by atoms with E-state index < -0.39 is 0 Å². The number of nitrogens with one attached hydrogen (secondary N) is 3. The summed E-state index contributed by atoms with van der Waals surface area (Å²) in [7, 11) is 0. The zero-order valence-corrected chi connectivity index (χ0v) is 17.7. The second kappa shape index (κ2) is 9.83. The molecule has 29 heavy (non-hydrogen) atoms. The molecule has 152 valence electrons. The van der Waals surface area contributed by atoms with E-state index in [9.17, 15) is 4.79 Å². The van der Waals surface area contributed by atoms with Crippen LogP contribution in [0.15, 0.2) is 46.7 Å². The third kappa shape index (κ3) is 6.72. The number of benzene rings is 1.